The molecule has 0 fully saturated rings. The zero-order valence-corrected chi connectivity index (χ0v) is 19.0. The molecule has 0 bridgehead atoms. The highest BCUT2D eigenvalue weighted by Gasteiger charge is 2.17. The molecule has 6 heteroatoms. The van der Waals surface area contributed by atoms with E-state index in [1.807, 2.05) is 49.4 Å². The highest BCUT2D eigenvalue weighted by atomic mass is 32.2. The van der Waals surface area contributed by atoms with Crippen LogP contribution in [0.3, 0.4) is 0 Å². The van der Waals surface area contributed by atoms with E-state index in [2.05, 4.69) is 41.5 Å². The summed E-state index contributed by atoms with van der Waals surface area (Å²) in [7, 11) is 0. The summed E-state index contributed by atoms with van der Waals surface area (Å²) in [5.41, 5.74) is 3.15. The van der Waals surface area contributed by atoms with Crippen LogP contribution in [0.1, 0.15) is 25.0 Å². The van der Waals surface area contributed by atoms with Gasteiger partial charge in [-0.15, -0.1) is 11.8 Å². The number of hydrogen-bond donors (Lipinski definition) is 2. The Kier molecular flexibility index (Phi) is 10.5. The second kappa shape index (κ2) is 13.1. The van der Waals surface area contributed by atoms with Crippen LogP contribution in [0.25, 0.3) is 0 Å². The quantitative estimate of drug-likeness (QED) is 0.542. The predicted molar refractivity (Wildman–Crippen MR) is 127 cm³/mol. The third kappa shape index (κ3) is 8.59. The maximum atomic E-state index is 12.3. The molecule has 2 aromatic rings. The fraction of sp³-hybridized carbons (Fsp3) is 0.417. The summed E-state index contributed by atoms with van der Waals surface area (Å²) < 4.78 is 0. The second-order valence-corrected chi connectivity index (χ2v) is 8.26. The maximum Gasteiger partial charge on any atom is 0.234 e. The largest absolute Gasteiger partial charge is 0.354 e. The van der Waals surface area contributed by atoms with Crippen LogP contribution in [0.4, 0.5) is 5.69 Å². The molecular formula is C24H33N3O2S. The van der Waals surface area contributed by atoms with Gasteiger partial charge in [0.1, 0.15) is 0 Å². The third-order valence-electron chi connectivity index (χ3n) is 4.95. The van der Waals surface area contributed by atoms with E-state index < -0.39 is 0 Å². The first-order valence-electron chi connectivity index (χ1n) is 10.5. The van der Waals surface area contributed by atoms with E-state index in [4.69, 9.17) is 0 Å². The van der Waals surface area contributed by atoms with Crippen molar-refractivity contribution in [2.24, 2.45) is 0 Å². The van der Waals surface area contributed by atoms with Crippen molar-refractivity contribution < 1.29 is 9.59 Å². The minimum absolute atomic E-state index is 0.0337. The van der Waals surface area contributed by atoms with Gasteiger partial charge in [0, 0.05) is 18.3 Å². The van der Waals surface area contributed by atoms with Crippen molar-refractivity contribution in [3.63, 3.8) is 0 Å². The highest BCUT2D eigenvalue weighted by Crippen LogP contribution is 2.11. The number of anilines is 1. The molecule has 2 aromatic carbocycles. The molecule has 5 nitrogen and oxygen atoms in total. The molecule has 0 aliphatic rings. The topological polar surface area (TPSA) is 61.4 Å². The lowest BCUT2D eigenvalue weighted by atomic mass is 10.0. The second-order valence-electron chi connectivity index (χ2n) is 7.28. The first-order valence-corrected chi connectivity index (χ1v) is 11.7. The molecule has 2 N–H and O–H groups in total. The number of benzene rings is 2. The molecule has 0 spiro atoms. The summed E-state index contributed by atoms with van der Waals surface area (Å²) in [6.45, 7) is 8.76. The first-order chi connectivity index (χ1) is 14.5. The van der Waals surface area contributed by atoms with E-state index in [0.717, 1.165) is 30.8 Å². The molecule has 0 heterocycles. The Labute approximate surface area is 184 Å². The number of carbonyl (C=O) groups is 2. The lowest BCUT2D eigenvalue weighted by Crippen LogP contribution is -2.45. The molecule has 0 saturated heterocycles. The summed E-state index contributed by atoms with van der Waals surface area (Å²) in [5.74, 6) is 0.402. The fourth-order valence-corrected chi connectivity index (χ4v) is 4.04. The van der Waals surface area contributed by atoms with Gasteiger partial charge in [-0.05, 0) is 49.7 Å². The van der Waals surface area contributed by atoms with Crippen molar-refractivity contribution in [1.29, 1.82) is 0 Å². The molecule has 2 rings (SSSR count). The standard InChI is InChI=1S/C24H33N3O2S/c1-4-27(5-2)22(15-20-11-7-6-8-12-20)16-25-23(28)17-30-18-24(29)26-21-13-9-10-19(3)14-21/h6-14,22H,4-5,15-18H2,1-3H3,(H,25,28)(H,26,29). The van der Waals surface area contributed by atoms with Crippen LogP contribution in [-0.4, -0.2) is 53.9 Å². The molecule has 0 aliphatic carbocycles. The van der Waals surface area contributed by atoms with Gasteiger partial charge in [0.2, 0.25) is 11.8 Å². The van der Waals surface area contributed by atoms with Crippen molar-refractivity contribution in [2.75, 3.05) is 36.5 Å². The number of nitrogens with zero attached hydrogens (tertiary/aromatic N) is 1. The number of hydrogen-bond acceptors (Lipinski definition) is 4. The number of nitrogens with one attached hydrogen (secondary N) is 2. The minimum atomic E-state index is -0.0940. The average molecular weight is 428 g/mol. The van der Waals surface area contributed by atoms with Crippen LogP contribution in [-0.2, 0) is 16.0 Å². The Balaban J connectivity index is 1.75. The fourth-order valence-electron chi connectivity index (χ4n) is 3.40. The Morgan fingerprint density at radius 2 is 1.67 bits per heavy atom. The molecule has 0 aromatic heterocycles. The lowest BCUT2D eigenvalue weighted by molar-refractivity contribution is -0.118. The van der Waals surface area contributed by atoms with Gasteiger partial charge in [0.25, 0.3) is 0 Å². The Morgan fingerprint density at radius 3 is 2.33 bits per heavy atom. The van der Waals surface area contributed by atoms with Gasteiger partial charge in [-0.3, -0.25) is 14.5 Å². The van der Waals surface area contributed by atoms with Gasteiger partial charge < -0.3 is 10.6 Å². The van der Waals surface area contributed by atoms with Gasteiger partial charge in [-0.2, -0.15) is 0 Å². The SMILES string of the molecule is CCN(CC)C(CNC(=O)CSCC(=O)Nc1cccc(C)c1)Cc1ccccc1. The molecule has 30 heavy (non-hydrogen) atoms. The first kappa shape index (κ1) is 24.0. The maximum absolute atomic E-state index is 12.3. The van der Waals surface area contributed by atoms with Crippen LogP contribution in [0.5, 0.6) is 0 Å². The molecule has 2 amide bonds. The van der Waals surface area contributed by atoms with Crippen molar-refractivity contribution in [3.8, 4) is 0 Å². The smallest absolute Gasteiger partial charge is 0.234 e. The molecule has 0 saturated carbocycles. The predicted octanol–water partition coefficient (Wildman–Crippen LogP) is 3.74. The monoisotopic (exact) mass is 427 g/mol. The van der Waals surface area contributed by atoms with Crippen LogP contribution < -0.4 is 10.6 Å². The van der Waals surface area contributed by atoms with Gasteiger partial charge in [-0.25, -0.2) is 0 Å². The van der Waals surface area contributed by atoms with Crippen molar-refractivity contribution in [2.45, 2.75) is 33.2 Å². The Morgan fingerprint density at radius 1 is 0.967 bits per heavy atom. The van der Waals surface area contributed by atoms with Crippen LogP contribution in [0.2, 0.25) is 0 Å². The number of amides is 2. The molecule has 162 valence electrons. The molecule has 1 atom stereocenters. The van der Waals surface area contributed by atoms with Crippen LogP contribution >= 0.6 is 11.8 Å². The van der Waals surface area contributed by atoms with Crippen molar-refractivity contribution in [1.82, 2.24) is 10.2 Å². The average Bonchev–Trinajstić information content (AvgIpc) is 2.73. The zero-order valence-electron chi connectivity index (χ0n) is 18.2. The normalized spacial score (nSPS) is 11.9. The minimum Gasteiger partial charge on any atom is -0.354 e. The van der Waals surface area contributed by atoms with Crippen molar-refractivity contribution in [3.05, 3.63) is 65.7 Å². The van der Waals surface area contributed by atoms with E-state index in [0.29, 0.717) is 6.54 Å². The summed E-state index contributed by atoms with van der Waals surface area (Å²) in [6.07, 6.45) is 0.898. The van der Waals surface area contributed by atoms with Crippen molar-refractivity contribution >= 4 is 29.3 Å². The lowest BCUT2D eigenvalue weighted by Gasteiger charge is -2.30. The van der Waals surface area contributed by atoms with E-state index in [-0.39, 0.29) is 29.4 Å². The highest BCUT2D eigenvalue weighted by molar-refractivity contribution is 8.00. The van der Waals surface area contributed by atoms with Gasteiger partial charge in [0.05, 0.1) is 11.5 Å². The Hall–Kier alpha value is -2.31. The van der Waals surface area contributed by atoms with E-state index in [1.165, 1.54) is 17.3 Å². The summed E-state index contributed by atoms with van der Waals surface area (Å²) in [6, 6.07) is 18.3. The van der Waals surface area contributed by atoms with Gasteiger partial charge in [0.15, 0.2) is 0 Å². The molecular weight excluding hydrogens is 394 g/mol. The molecule has 0 radical (unpaired) electrons. The third-order valence-corrected chi connectivity index (χ3v) is 5.88. The number of thioether (sulfide) groups is 1. The number of rotatable bonds is 12. The van der Waals surface area contributed by atoms with E-state index >= 15 is 0 Å². The van der Waals surface area contributed by atoms with E-state index in [1.54, 1.807) is 0 Å². The molecule has 1 unspecified atom stereocenters. The molecule has 0 aliphatic heterocycles. The number of aryl methyl sites for hydroxylation is 1. The van der Waals surface area contributed by atoms with Gasteiger partial charge >= 0.3 is 0 Å². The van der Waals surface area contributed by atoms with Gasteiger partial charge in [-0.1, -0.05) is 56.3 Å². The van der Waals surface area contributed by atoms with Crippen LogP contribution in [0.15, 0.2) is 54.6 Å². The number of carbonyl (C=O) groups excluding carboxylic acids is 2. The summed E-state index contributed by atoms with van der Waals surface area (Å²) in [4.78, 5) is 26.7. The zero-order chi connectivity index (χ0) is 21.8. The summed E-state index contributed by atoms with van der Waals surface area (Å²) >= 11 is 1.33. The summed E-state index contributed by atoms with van der Waals surface area (Å²) in [5, 5.41) is 5.92. The van der Waals surface area contributed by atoms with E-state index in [9.17, 15) is 9.59 Å². The van der Waals surface area contributed by atoms with Crippen LogP contribution in [0, 0.1) is 6.92 Å². The Bertz CT molecular complexity index is 794. The number of likely N-dealkylation sites (N-methyl/N-ethyl adjacent to an activating group) is 1.